The molecule has 2 heterocycles. The van der Waals surface area contributed by atoms with Gasteiger partial charge in [-0.2, -0.15) is 0 Å². The first-order valence-corrected chi connectivity index (χ1v) is 9.17. The number of pyridine rings is 1. The normalized spacial score (nSPS) is 11.3. The summed E-state index contributed by atoms with van der Waals surface area (Å²) in [5.41, 5.74) is 2.30. The van der Waals surface area contributed by atoms with E-state index < -0.39 is 5.97 Å². The molecule has 0 aliphatic rings. The molecule has 0 aliphatic heterocycles. The van der Waals surface area contributed by atoms with Crippen molar-refractivity contribution in [3.8, 4) is 11.6 Å². The summed E-state index contributed by atoms with van der Waals surface area (Å²) in [6.07, 6.45) is 4.70. The molecule has 3 aromatic rings. The number of hydrogen-bond donors (Lipinski definition) is 0. The lowest BCUT2D eigenvalue weighted by Gasteiger charge is -2.23. The van der Waals surface area contributed by atoms with Gasteiger partial charge in [-0.25, -0.2) is 14.8 Å². The summed E-state index contributed by atoms with van der Waals surface area (Å²) in [6, 6.07) is 9.50. The molecular weight excluding hydrogens is 378 g/mol. The third kappa shape index (κ3) is 4.34. The van der Waals surface area contributed by atoms with Crippen molar-refractivity contribution < 1.29 is 14.3 Å². The van der Waals surface area contributed by atoms with Crippen LogP contribution in [0, 0.1) is 0 Å². The summed E-state index contributed by atoms with van der Waals surface area (Å²) < 4.78 is 12.2. The van der Waals surface area contributed by atoms with Crippen molar-refractivity contribution in [2.75, 3.05) is 7.11 Å². The summed E-state index contributed by atoms with van der Waals surface area (Å²) in [6.45, 7) is 6.79. The van der Waals surface area contributed by atoms with Gasteiger partial charge in [0.2, 0.25) is 0 Å². The molecule has 0 atom stereocenters. The van der Waals surface area contributed by atoms with E-state index in [9.17, 15) is 4.79 Å². The van der Waals surface area contributed by atoms with Crippen LogP contribution in [0.1, 0.15) is 42.4 Å². The molecule has 0 aliphatic carbocycles. The van der Waals surface area contributed by atoms with Gasteiger partial charge in [0.25, 0.3) is 0 Å². The Balaban J connectivity index is 1.74. The zero-order chi connectivity index (χ0) is 20.3. The number of esters is 1. The highest BCUT2D eigenvalue weighted by atomic mass is 35.5. The Hall–Kier alpha value is -2.86. The van der Waals surface area contributed by atoms with E-state index in [1.54, 1.807) is 23.0 Å². The minimum absolute atomic E-state index is 0.0372. The molecule has 0 saturated heterocycles. The van der Waals surface area contributed by atoms with E-state index in [0.717, 1.165) is 11.1 Å². The van der Waals surface area contributed by atoms with Gasteiger partial charge in [0.15, 0.2) is 5.69 Å². The molecule has 0 N–H and O–H groups in total. The predicted molar refractivity (Wildman–Crippen MR) is 107 cm³/mol. The molecule has 0 amide bonds. The van der Waals surface area contributed by atoms with Crippen molar-refractivity contribution in [1.82, 2.24) is 14.5 Å². The molecule has 1 aromatic carbocycles. The van der Waals surface area contributed by atoms with E-state index in [1.165, 1.54) is 13.4 Å². The fourth-order valence-electron chi connectivity index (χ4n) is 2.83. The number of imidazole rings is 1. The van der Waals surface area contributed by atoms with Crippen molar-refractivity contribution in [1.29, 1.82) is 0 Å². The van der Waals surface area contributed by atoms with E-state index in [4.69, 9.17) is 16.3 Å². The second-order valence-electron chi connectivity index (χ2n) is 7.31. The monoisotopic (exact) mass is 399 g/mol. The molecule has 0 bridgehead atoms. The summed E-state index contributed by atoms with van der Waals surface area (Å²) in [7, 11) is 1.32. The molecule has 6 nitrogen and oxygen atoms in total. The first kappa shape index (κ1) is 19.9. The Labute approximate surface area is 169 Å². The van der Waals surface area contributed by atoms with Gasteiger partial charge in [0, 0.05) is 16.8 Å². The van der Waals surface area contributed by atoms with Crippen molar-refractivity contribution in [3.63, 3.8) is 0 Å². The van der Waals surface area contributed by atoms with Gasteiger partial charge in [-0.3, -0.25) is 4.57 Å². The van der Waals surface area contributed by atoms with Crippen LogP contribution in [0.15, 0.2) is 49.1 Å². The smallest absolute Gasteiger partial charge is 0.358 e. The maximum atomic E-state index is 11.5. The second kappa shape index (κ2) is 8.02. The van der Waals surface area contributed by atoms with Crippen LogP contribution in [-0.2, 0) is 16.8 Å². The summed E-state index contributed by atoms with van der Waals surface area (Å²) in [4.78, 5) is 19.9. The van der Waals surface area contributed by atoms with Crippen LogP contribution in [-0.4, -0.2) is 27.6 Å². The first-order valence-electron chi connectivity index (χ1n) is 8.79. The fraction of sp³-hybridized carbons (Fsp3) is 0.286. The molecule has 0 fully saturated rings. The van der Waals surface area contributed by atoms with Crippen LogP contribution in [0.3, 0.4) is 0 Å². The Morgan fingerprint density at radius 3 is 2.61 bits per heavy atom. The Morgan fingerprint density at radius 1 is 1.18 bits per heavy atom. The number of benzene rings is 1. The van der Waals surface area contributed by atoms with Gasteiger partial charge in [-0.05, 0) is 29.2 Å². The molecule has 146 valence electrons. The predicted octanol–water partition coefficient (Wildman–Crippen LogP) is 4.58. The maximum Gasteiger partial charge on any atom is 0.358 e. The van der Waals surface area contributed by atoms with Crippen LogP contribution in [0.25, 0.3) is 5.82 Å². The summed E-state index contributed by atoms with van der Waals surface area (Å²) in [5, 5.41) is 0.686. The van der Waals surface area contributed by atoms with Gasteiger partial charge >= 0.3 is 5.97 Å². The van der Waals surface area contributed by atoms with Crippen LogP contribution in [0.4, 0.5) is 0 Å². The molecule has 0 spiro atoms. The zero-order valence-electron chi connectivity index (χ0n) is 16.3. The van der Waals surface area contributed by atoms with Crippen molar-refractivity contribution in [2.24, 2.45) is 0 Å². The molecule has 2 aromatic heterocycles. The molecular formula is C21H22ClN3O3. The second-order valence-corrected chi connectivity index (χ2v) is 7.72. The topological polar surface area (TPSA) is 66.2 Å². The lowest BCUT2D eigenvalue weighted by molar-refractivity contribution is 0.0594. The van der Waals surface area contributed by atoms with Crippen LogP contribution in [0.2, 0.25) is 5.02 Å². The minimum atomic E-state index is -0.493. The molecule has 28 heavy (non-hydrogen) atoms. The number of carbonyl (C=O) groups is 1. The van der Waals surface area contributed by atoms with Crippen LogP contribution >= 0.6 is 11.6 Å². The molecule has 0 unspecified atom stereocenters. The van der Waals surface area contributed by atoms with E-state index in [0.29, 0.717) is 23.2 Å². The molecule has 7 heteroatoms. The standard InChI is InChI=1S/C21H22ClN3O3/c1-21(2,3)16-6-5-7-17(22)15(16)12-28-14-8-9-19(23-10-14)25-11-18(24-13-25)20(26)27-4/h5-11,13H,12H2,1-4H3. The largest absolute Gasteiger partial charge is 0.487 e. The number of ether oxygens (including phenoxy) is 2. The molecule has 0 radical (unpaired) electrons. The third-order valence-corrected chi connectivity index (χ3v) is 4.63. The SMILES string of the molecule is COC(=O)c1cn(-c2ccc(OCc3c(Cl)cccc3C(C)(C)C)cn2)cn1. The highest BCUT2D eigenvalue weighted by Crippen LogP contribution is 2.31. The highest BCUT2D eigenvalue weighted by Gasteiger charge is 2.20. The van der Waals surface area contributed by atoms with Gasteiger partial charge in [0.05, 0.1) is 13.3 Å². The van der Waals surface area contributed by atoms with Gasteiger partial charge < -0.3 is 9.47 Å². The number of rotatable bonds is 5. The number of carbonyl (C=O) groups excluding carboxylic acids is 1. The van der Waals surface area contributed by atoms with Gasteiger partial charge in [-0.15, -0.1) is 0 Å². The van der Waals surface area contributed by atoms with Crippen molar-refractivity contribution in [2.45, 2.75) is 32.8 Å². The number of hydrogen-bond acceptors (Lipinski definition) is 5. The van der Waals surface area contributed by atoms with Crippen molar-refractivity contribution >= 4 is 17.6 Å². The summed E-state index contributed by atoms with van der Waals surface area (Å²) >= 11 is 6.40. The highest BCUT2D eigenvalue weighted by molar-refractivity contribution is 6.31. The van der Waals surface area contributed by atoms with E-state index in [2.05, 4.69) is 41.5 Å². The number of nitrogens with zero attached hydrogens (tertiary/aromatic N) is 3. The Kier molecular flexibility index (Phi) is 5.70. The third-order valence-electron chi connectivity index (χ3n) is 4.27. The average Bonchev–Trinajstić information content (AvgIpc) is 3.16. The van der Waals surface area contributed by atoms with Gasteiger partial charge in [-0.1, -0.05) is 44.5 Å². The quantitative estimate of drug-likeness (QED) is 0.587. The fourth-order valence-corrected chi connectivity index (χ4v) is 3.06. The molecule has 3 rings (SSSR count). The number of halogens is 1. The van der Waals surface area contributed by atoms with E-state index >= 15 is 0 Å². The number of aromatic nitrogens is 3. The molecule has 0 saturated carbocycles. The van der Waals surface area contributed by atoms with Crippen LogP contribution < -0.4 is 4.74 Å². The lowest BCUT2D eigenvalue weighted by Crippen LogP contribution is -2.15. The van der Waals surface area contributed by atoms with Gasteiger partial charge in [0.1, 0.15) is 24.5 Å². The zero-order valence-corrected chi connectivity index (χ0v) is 17.0. The van der Waals surface area contributed by atoms with E-state index in [-0.39, 0.29) is 11.1 Å². The van der Waals surface area contributed by atoms with Crippen molar-refractivity contribution in [3.05, 3.63) is 70.9 Å². The maximum absolute atomic E-state index is 11.5. The average molecular weight is 400 g/mol. The number of methoxy groups -OCH3 is 1. The minimum Gasteiger partial charge on any atom is -0.487 e. The Bertz CT molecular complexity index is 975. The lowest BCUT2D eigenvalue weighted by atomic mass is 9.84. The summed E-state index contributed by atoms with van der Waals surface area (Å²) in [5.74, 6) is 0.744. The Morgan fingerprint density at radius 2 is 1.96 bits per heavy atom. The van der Waals surface area contributed by atoms with E-state index in [1.807, 2.05) is 18.2 Å². The first-order chi connectivity index (χ1) is 13.3. The van der Waals surface area contributed by atoms with Crippen LogP contribution in [0.5, 0.6) is 5.75 Å².